The molecule has 0 aliphatic rings. The summed E-state index contributed by atoms with van der Waals surface area (Å²) in [5.41, 5.74) is 2.00. The first-order chi connectivity index (χ1) is 7.08. The summed E-state index contributed by atoms with van der Waals surface area (Å²) in [6.45, 7) is 1.88. The van der Waals surface area contributed by atoms with Crippen LogP contribution in [0.3, 0.4) is 0 Å². The highest BCUT2D eigenvalue weighted by molar-refractivity contribution is 5.76. The zero-order chi connectivity index (χ0) is 11.0. The van der Waals surface area contributed by atoms with Crippen LogP contribution in [-0.2, 0) is 4.79 Å². The molecule has 0 spiro atoms. The molecule has 1 aromatic carbocycles. The number of fused-ring (bicyclic) bond motifs is 1. The Morgan fingerprint density at radius 3 is 2.93 bits per heavy atom. The molecule has 78 valence electrons. The number of aliphatic carboxylic acids is 1. The van der Waals surface area contributed by atoms with Gasteiger partial charge in [0.2, 0.25) is 12.0 Å². The van der Waals surface area contributed by atoms with Gasteiger partial charge in [-0.2, -0.15) is 0 Å². The van der Waals surface area contributed by atoms with Crippen molar-refractivity contribution in [3.05, 3.63) is 29.7 Å². The van der Waals surface area contributed by atoms with Crippen molar-refractivity contribution in [1.82, 2.24) is 4.98 Å². The highest BCUT2D eigenvalue weighted by Crippen LogP contribution is 2.21. The van der Waals surface area contributed by atoms with Crippen molar-refractivity contribution in [2.45, 2.75) is 13.0 Å². The number of carboxylic acid groups (broad SMARTS) is 1. The highest BCUT2D eigenvalue weighted by atomic mass is 16.4. The second-order valence-electron chi connectivity index (χ2n) is 3.26. The van der Waals surface area contributed by atoms with Gasteiger partial charge in [0.25, 0.3) is 0 Å². The van der Waals surface area contributed by atoms with Gasteiger partial charge in [-0.05, 0) is 24.6 Å². The summed E-state index contributed by atoms with van der Waals surface area (Å²) in [6, 6.07) is 5.29. The first-order valence-corrected chi connectivity index (χ1v) is 4.36. The van der Waals surface area contributed by atoms with Crippen LogP contribution < -0.4 is 0 Å². The molecule has 0 saturated carbocycles. The molecule has 2 aromatic rings. The monoisotopic (exact) mass is 207 g/mol. The van der Waals surface area contributed by atoms with Crippen molar-refractivity contribution >= 4 is 17.1 Å². The van der Waals surface area contributed by atoms with Crippen LogP contribution in [0.25, 0.3) is 11.1 Å². The Bertz CT molecular complexity index is 517. The summed E-state index contributed by atoms with van der Waals surface area (Å²) in [7, 11) is 0. The van der Waals surface area contributed by atoms with E-state index in [2.05, 4.69) is 4.98 Å². The summed E-state index contributed by atoms with van der Waals surface area (Å²) in [5, 5.41) is 17.8. The minimum absolute atomic E-state index is 0.192. The lowest BCUT2D eigenvalue weighted by Gasteiger charge is -1.96. The van der Waals surface area contributed by atoms with Gasteiger partial charge >= 0.3 is 5.97 Å². The SMILES string of the molecule is Cc1ccc2nc(C(O)C(=O)O)oc2c1. The Labute approximate surface area is 85.0 Å². The second kappa shape index (κ2) is 3.36. The molecule has 0 aliphatic carbocycles. The average molecular weight is 207 g/mol. The maximum atomic E-state index is 10.5. The molecular weight excluding hydrogens is 198 g/mol. The molecule has 5 heteroatoms. The summed E-state index contributed by atoms with van der Waals surface area (Å²) in [4.78, 5) is 14.4. The number of nitrogens with zero attached hydrogens (tertiary/aromatic N) is 1. The van der Waals surface area contributed by atoms with E-state index in [-0.39, 0.29) is 5.89 Å². The Hall–Kier alpha value is -1.88. The van der Waals surface area contributed by atoms with E-state index in [9.17, 15) is 9.90 Å². The summed E-state index contributed by atoms with van der Waals surface area (Å²) < 4.78 is 5.13. The third kappa shape index (κ3) is 1.69. The summed E-state index contributed by atoms with van der Waals surface area (Å²) in [6.07, 6.45) is -1.71. The van der Waals surface area contributed by atoms with Crippen molar-refractivity contribution in [1.29, 1.82) is 0 Å². The van der Waals surface area contributed by atoms with Gasteiger partial charge < -0.3 is 14.6 Å². The maximum Gasteiger partial charge on any atom is 0.342 e. The van der Waals surface area contributed by atoms with E-state index >= 15 is 0 Å². The van der Waals surface area contributed by atoms with E-state index in [0.717, 1.165) is 5.56 Å². The Balaban J connectivity index is 2.51. The summed E-state index contributed by atoms with van der Waals surface area (Å²) in [5.74, 6) is -1.57. The van der Waals surface area contributed by atoms with E-state index in [1.54, 1.807) is 12.1 Å². The number of carboxylic acids is 1. The molecule has 1 aromatic heterocycles. The number of rotatable bonds is 2. The maximum absolute atomic E-state index is 10.5. The topological polar surface area (TPSA) is 83.6 Å². The van der Waals surface area contributed by atoms with Crippen molar-refractivity contribution in [2.75, 3.05) is 0 Å². The predicted octanol–water partition coefficient (Wildman–Crippen LogP) is 1.25. The van der Waals surface area contributed by atoms with E-state index in [4.69, 9.17) is 9.52 Å². The molecule has 15 heavy (non-hydrogen) atoms. The lowest BCUT2D eigenvalue weighted by atomic mass is 10.2. The Kier molecular flexibility index (Phi) is 2.17. The quantitative estimate of drug-likeness (QED) is 0.774. The van der Waals surface area contributed by atoms with Crippen molar-refractivity contribution < 1.29 is 19.4 Å². The van der Waals surface area contributed by atoms with Crippen LogP contribution in [0.5, 0.6) is 0 Å². The van der Waals surface area contributed by atoms with Crippen LogP contribution in [0.2, 0.25) is 0 Å². The van der Waals surface area contributed by atoms with Gasteiger partial charge in [0.15, 0.2) is 5.58 Å². The molecule has 0 saturated heterocycles. The first-order valence-electron chi connectivity index (χ1n) is 4.36. The molecule has 5 nitrogen and oxygen atoms in total. The van der Waals surface area contributed by atoms with E-state index < -0.39 is 12.1 Å². The zero-order valence-corrected chi connectivity index (χ0v) is 7.97. The number of carbonyl (C=O) groups is 1. The molecule has 1 atom stereocenters. The third-order valence-corrected chi connectivity index (χ3v) is 2.03. The molecule has 1 unspecified atom stereocenters. The molecule has 0 amide bonds. The summed E-state index contributed by atoms with van der Waals surface area (Å²) >= 11 is 0. The smallest absolute Gasteiger partial charge is 0.342 e. The number of benzene rings is 1. The third-order valence-electron chi connectivity index (χ3n) is 2.03. The van der Waals surface area contributed by atoms with Gasteiger partial charge in [-0.1, -0.05) is 6.07 Å². The van der Waals surface area contributed by atoms with Gasteiger partial charge in [0.05, 0.1) is 0 Å². The van der Waals surface area contributed by atoms with Crippen molar-refractivity contribution in [3.8, 4) is 0 Å². The lowest BCUT2D eigenvalue weighted by Crippen LogP contribution is -2.10. The Morgan fingerprint density at radius 2 is 2.27 bits per heavy atom. The van der Waals surface area contributed by atoms with E-state index in [1.807, 2.05) is 13.0 Å². The van der Waals surface area contributed by atoms with Crippen LogP contribution in [0.4, 0.5) is 0 Å². The molecule has 1 heterocycles. The standard InChI is InChI=1S/C10H9NO4/c1-5-2-3-6-7(4-5)15-9(11-6)8(12)10(13)14/h2-4,8,12H,1H3,(H,13,14). The second-order valence-corrected chi connectivity index (χ2v) is 3.26. The van der Waals surface area contributed by atoms with Crippen LogP contribution >= 0.6 is 0 Å². The molecule has 0 bridgehead atoms. The molecular formula is C10H9NO4. The number of hydrogen-bond donors (Lipinski definition) is 2. The molecule has 0 fully saturated rings. The molecule has 2 N–H and O–H groups in total. The largest absolute Gasteiger partial charge is 0.479 e. The zero-order valence-electron chi connectivity index (χ0n) is 7.97. The predicted molar refractivity (Wildman–Crippen MR) is 51.3 cm³/mol. The number of aromatic nitrogens is 1. The van der Waals surface area contributed by atoms with Crippen LogP contribution in [0.1, 0.15) is 17.6 Å². The van der Waals surface area contributed by atoms with Crippen LogP contribution in [0, 0.1) is 6.92 Å². The van der Waals surface area contributed by atoms with Gasteiger partial charge in [0, 0.05) is 0 Å². The number of aliphatic hydroxyl groups is 1. The first kappa shape index (κ1) is 9.67. The van der Waals surface area contributed by atoms with Gasteiger partial charge in [0.1, 0.15) is 5.52 Å². The van der Waals surface area contributed by atoms with Crippen LogP contribution in [-0.4, -0.2) is 21.2 Å². The highest BCUT2D eigenvalue weighted by Gasteiger charge is 2.22. The fraction of sp³-hybridized carbons (Fsp3) is 0.200. The van der Waals surface area contributed by atoms with Crippen molar-refractivity contribution in [2.24, 2.45) is 0 Å². The van der Waals surface area contributed by atoms with E-state index in [0.29, 0.717) is 11.1 Å². The fourth-order valence-corrected chi connectivity index (χ4v) is 1.27. The molecule has 2 rings (SSSR count). The lowest BCUT2D eigenvalue weighted by molar-refractivity contribution is -0.148. The molecule has 0 aliphatic heterocycles. The number of aryl methyl sites for hydroxylation is 1. The number of hydrogen-bond acceptors (Lipinski definition) is 4. The normalized spacial score (nSPS) is 12.9. The minimum Gasteiger partial charge on any atom is -0.479 e. The number of aliphatic hydroxyl groups excluding tert-OH is 1. The van der Waals surface area contributed by atoms with Crippen LogP contribution in [0.15, 0.2) is 22.6 Å². The minimum atomic E-state index is -1.71. The van der Waals surface area contributed by atoms with Crippen molar-refractivity contribution in [3.63, 3.8) is 0 Å². The van der Waals surface area contributed by atoms with Gasteiger partial charge in [-0.3, -0.25) is 0 Å². The molecule has 0 radical (unpaired) electrons. The number of oxazole rings is 1. The fourth-order valence-electron chi connectivity index (χ4n) is 1.27. The van der Waals surface area contributed by atoms with Gasteiger partial charge in [-0.25, -0.2) is 9.78 Å². The van der Waals surface area contributed by atoms with Gasteiger partial charge in [-0.15, -0.1) is 0 Å². The van der Waals surface area contributed by atoms with E-state index in [1.165, 1.54) is 0 Å². The Morgan fingerprint density at radius 1 is 1.53 bits per heavy atom. The average Bonchev–Trinajstić information content (AvgIpc) is 2.58.